The molecule has 0 spiro atoms. The zero-order chi connectivity index (χ0) is 10.1. The summed E-state index contributed by atoms with van der Waals surface area (Å²) in [7, 11) is 1.85. The molecule has 0 atom stereocenters. The van der Waals surface area contributed by atoms with Gasteiger partial charge in [-0.1, -0.05) is 6.07 Å². The number of aryl methyl sites for hydroxylation is 1. The van der Waals surface area contributed by atoms with E-state index in [1.54, 1.807) is 23.6 Å². The van der Waals surface area contributed by atoms with Gasteiger partial charge in [0.2, 0.25) is 0 Å². The summed E-state index contributed by atoms with van der Waals surface area (Å²) in [5.41, 5.74) is 1.13. The first-order valence-electron chi connectivity index (χ1n) is 4.12. The molecule has 0 unspecified atom stereocenters. The van der Waals surface area contributed by atoms with E-state index in [0.717, 1.165) is 10.6 Å². The Bertz CT molecular complexity index is 456. The monoisotopic (exact) mass is 207 g/mol. The number of nitrogens with zero attached hydrogens (tertiary/aromatic N) is 1. The van der Waals surface area contributed by atoms with Gasteiger partial charge in [0.1, 0.15) is 0 Å². The van der Waals surface area contributed by atoms with Crippen molar-refractivity contribution in [2.45, 2.75) is 0 Å². The van der Waals surface area contributed by atoms with Gasteiger partial charge in [0, 0.05) is 13.2 Å². The largest absolute Gasteiger partial charge is 0.478 e. The Kier molecular flexibility index (Phi) is 2.13. The van der Waals surface area contributed by atoms with Gasteiger partial charge in [-0.25, -0.2) is 4.79 Å². The zero-order valence-electron chi connectivity index (χ0n) is 7.60. The van der Waals surface area contributed by atoms with Crippen molar-refractivity contribution in [1.82, 2.24) is 4.57 Å². The second-order valence-electron chi connectivity index (χ2n) is 2.97. The normalized spacial score (nSPS) is 10.4. The van der Waals surface area contributed by atoms with Crippen molar-refractivity contribution in [3.05, 3.63) is 35.3 Å². The number of carboxylic acid groups (broad SMARTS) is 1. The molecule has 0 aromatic carbocycles. The zero-order valence-corrected chi connectivity index (χ0v) is 8.41. The standard InChI is InChI=1S/C10H9NO2S/c1-11-5-4-7(10(12)13)9(11)8-3-2-6-14-8/h2-6H,1H3,(H,12,13). The number of hydrogen-bond donors (Lipinski definition) is 1. The second kappa shape index (κ2) is 3.31. The SMILES string of the molecule is Cn1ccc(C(=O)O)c1-c1cccs1. The first kappa shape index (κ1) is 9.02. The lowest BCUT2D eigenvalue weighted by Crippen LogP contribution is -1.98. The van der Waals surface area contributed by atoms with Gasteiger partial charge >= 0.3 is 5.97 Å². The van der Waals surface area contributed by atoms with Gasteiger partial charge in [0.25, 0.3) is 0 Å². The van der Waals surface area contributed by atoms with Crippen LogP contribution >= 0.6 is 11.3 Å². The van der Waals surface area contributed by atoms with Crippen molar-refractivity contribution in [3.63, 3.8) is 0 Å². The molecule has 4 heteroatoms. The summed E-state index contributed by atoms with van der Waals surface area (Å²) in [6, 6.07) is 5.46. The number of hydrogen-bond acceptors (Lipinski definition) is 2. The average molecular weight is 207 g/mol. The van der Waals surface area contributed by atoms with Crippen LogP contribution in [-0.2, 0) is 7.05 Å². The first-order valence-corrected chi connectivity index (χ1v) is 5.00. The Labute approximate surface area is 85.2 Å². The number of rotatable bonds is 2. The van der Waals surface area contributed by atoms with E-state index in [4.69, 9.17) is 5.11 Å². The highest BCUT2D eigenvalue weighted by Crippen LogP contribution is 2.28. The smallest absolute Gasteiger partial charge is 0.337 e. The third-order valence-corrected chi connectivity index (χ3v) is 2.93. The van der Waals surface area contributed by atoms with Crippen molar-refractivity contribution >= 4 is 17.3 Å². The van der Waals surface area contributed by atoms with Crippen molar-refractivity contribution in [3.8, 4) is 10.6 Å². The molecule has 2 rings (SSSR count). The molecule has 0 aliphatic carbocycles. The van der Waals surface area contributed by atoms with Crippen molar-refractivity contribution in [2.75, 3.05) is 0 Å². The summed E-state index contributed by atoms with van der Waals surface area (Å²) < 4.78 is 1.83. The molecule has 0 amide bonds. The van der Waals surface area contributed by atoms with Crippen LogP contribution in [0.4, 0.5) is 0 Å². The molecule has 0 bridgehead atoms. The minimum atomic E-state index is -0.881. The molecule has 0 saturated carbocycles. The van der Waals surface area contributed by atoms with Gasteiger partial charge in [-0.05, 0) is 17.5 Å². The summed E-state index contributed by atoms with van der Waals surface area (Å²) in [5.74, 6) is -0.881. The summed E-state index contributed by atoms with van der Waals surface area (Å²) in [6.45, 7) is 0. The number of aromatic carboxylic acids is 1. The molecule has 0 saturated heterocycles. The van der Waals surface area contributed by atoms with E-state index < -0.39 is 5.97 Å². The average Bonchev–Trinajstić information content (AvgIpc) is 2.71. The third kappa shape index (κ3) is 1.33. The van der Waals surface area contributed by atoms with Crippen LogP contribution < -0.4 is 0 Å². The Hall–Kier alpha value is -1.55. The van der Waals surface area contributed by atoms with E-state index in [1.807, 2.05) is 29.1 Å². The highest BCUT2D eigenvalue weighted by Gasteiger charge is 2.15. The molecule has 2 aromatic heterocycles. The number of carboxylic acids is 1. The van der Waals surface area contributed by atoms with E-state index >= 15 is 0 Å². The third-order valence-electron chi connectivity index (χ3n) is 2.06. The Morgan fingerprint density at radius 3 is 2.86 bits per heavy atom. The van der Waals surface area contributed by atoms with E-state index in [-0.39, 0.29) is 0 Å². The van der Waals surface area contributed by atoms with Crippen molar-refractivity contribution < 1.29 is 9.90 Å². The summed E-state index contributed by atoms with van der Waals surface area (Å²) in [4.78, 5) is 11.9. The van der Waals surface area contributed by atoms with Crippen LogP contribution in [0.25, 0.3) is 10.6 Å². The van der Waals surface area contributed by atoms with Crippen LogP contribution in [0.5, 0.6) is 0 Å². The van der Waals surface area contributed by atoms with E-state index in [9.17, 15) is 4.79 Å². The van der Waals surface area contributed by atoms with Crippen LogP contribution in [0.2, 0.25) is 0 Å². The molecule has 1 N–H and O–H groups in total. The van der Waals surface area contributed by atoms with Gasteiger partial charge < -0.3 is 9.67 Å². The molecule has 0 aliphatic rings. The molecule has 14 heavy (non-hydrogen) atoms. The van der Waals surface area contributed by atoms with Crippen LogP contribution in [0.1, 0.15) is 10.4 Å². The first-order chi connectivity index (χ1) is 6.70. The van der Waals surface area contributed by atoms with Gasteiger partial charge in [0.05, 0.1) is 16.1 Å². The molecule has 3 nitrogen and oxygen atoms in total. The summed E-state index contributed by atoms with van der Waals surface area (Å²) in [5, 5.41) is 10.9. The maximum atomic E-state index is 10.9. The molecule has 2 aromatic rings. The topological polar surface area (TPSA) is 42.2 Å². The minimum Gasteiger partial charge on any atom is -0.478 e. The van der Waals surface area contributed by atoms with Crippen molar-refractivity contribution in [1.29, 1.82) is 0 Å². The number of thiophene rings is 1. The predicted octanol–water partition coefficient (Wildman–Crippen LogP) is 2.45. The Balaban J connectivity index is 2.62. The lowest BCUT2D eigenvalue weighted by molar-refractivity contribution is 0.0698. The second-order valence-corrected chi connectivity index (χ2v) is 3.92. The molecule has 0 radical (unpaired) electrons. The highest BCUT2D eigenvalue weighted by atomic mass is 32.1. The maximum Gasteiger partial charge on any atom is 0.337 e. The number of aromatic nitrogens is 1. The van der Waals surface area contributed by atoms with Gasteiger partial charge in [-0.3, -0.25) is 0 Å². The Morgan fingerprint density at radius 1 is 1.50 bits per heavy atom. The molecule has 2 heterocycles. The quantitative estimate of drug-likeness (QED) is 0.821. The summed E-state index contributed by atoms with van der Waals surface area (Å²) in [6.07, 6.45) is 1.76. The maximum absolute atomic E-state index is 10.9. The highest BCUT2D eigenvalue weighted by molar-refractivity contribution is 7.13. The predicted molar refractivity (Wildman–Crippen MR) is 55.7 cm³/mol. The van der Waals surface area contributed by atoms with Gasteiger partial charge in [-0.2, -0.15) is 0 Å². The van der Waals surface area contributed by atoms with E-state index in [1.165, 1.54) is 0 Å². The van der Waals surface area contributed by atoms with Crippen LogP contribution in [-0.4, -0.2) is 15.6 Å². The minimum absolute atomic E-state index is 0.356. The van der Waals surface area contributed by atoms with E-state index in [2.05, 4.69) is 0 Å². The fraction of sp³-hybridized carbons (Fsp3) is 0.100. The van der Waals surface area contributed by atoms with Gasteiger partial charge in [-0.15, -0.1) is 11.3 Å². The summed E-state index contributed by atoms with van der Waals surface area (Å²) >= 11 is 1.54. The molecule has 0 fully saturated rings. The molecular weight excluding hydrogens is 198 g/mol. The molecular formula is C10H9NO2S. The lowest BCUT2D eigenvalue weighted by atomic mass is 10.2. The lowest BCUT2D eigenvalue weighted by Gasteiger charge is -2.01. The van der Waals surface area contributed by atoms with Crippen LogP contribution in [0.3, 0.4) is 0 Å². The fourth-order valence-electron chi connectivity index (χ4n) is 1.42. The fourth-order valence-corrected chi connectivity index (χ4v) is 2.25. The van der Waals surface area contributed by atoms with Gasteiger partial charge in [0.15, 0.2) is 0 Å². The Morgan fingerprint density at radius 2 is 2.29 bits per heavy atom. The molecule has 72 valence electrons. The number of carbonyl (C=O) groups is 1. The molecule has 0 aliphatic heterocycles. The van der Waals surface area contributed by atoms with Crippen LogP contribution in [0.15, 0.2) is 29.8 Å². The van der Waals surface area contributed by atoms with Crippen molar-refractivity contribution in [2.24, 2.45) is 7.05 Å². The van der Waals surface area contributed by atoms with Crippen LogP contribution in [0, 0.1) is 0 Å². The van der Waals surface area contributed by atoms with E-state index in [0.29, 0.717) is 5.56 Å².